The summed E-state index contributed by atoms with van der Waals surface area (Å²) in [7, 11) is 0. The van der Waals surface area contributed by atoms with Gasteiger partial charge in [-0.05, 0) is 30.5 Å². The highest BCUT2D eigenvalue weighted by Gasteiger charge is 2.01. The van der Waals surface area contributed by atoms with Crippen LogP contribution >= 0.6 is 22.9 Å². The molecule has 0 unspecified atom stereocenters. The van der Waals surface area contributed by atoms with Gasteiger partial charge in [0.25, 0.3) is 0 Å². The largest absolute Gasteiger partial charge is 0.507 e. The number of phenolic OH excluding ortho intramolecular Hbond substituents is 1. The molecule has 2 nitrogen and oxygen atoms in total. The van der Waals surface area contributed by atoms with E-state index >= 15 is 0 Å². The van der Waals surface area contributed by atoms with E-state index in [1.54, 1.807) is 0 Å². The van der Waals surface area contributed by atoms with Gasteiger partial charge in [0.1, 0.15) is 5.75 Å². The van der Waals surface area contributed by atoms with Crippen molar-refractivity contribution < 1.29 is 5.11 Å². The van der Waals surface area contributed by atoms with Crippen molar-refractivity contribution >= 4 is 22.9 Å². The molecule has 0 saturated heterocycles. The van der Waals surface area contributed by atoms with Gasteiger partial charge in [0, 0.05) is 29.4 Å². The van der Waals surface area contributed by atoms with Crippen LogP contribution in [0.15, 0.2) is 12.1 Å². The molecule has 0 atom stereocenters. The van der Waals surface area contributed by atoms with Gasteiger partial charge in [-0.3, -0.25) is 3.53 Å². The topological polar surface area (TPSA) is 32.3 Å². The van der Waals surface area contributed by atoms with E-state index in [2.05, 4.69) is 26.4 Å². The van der Waals surface area contributed by atoms with E-state index < -0.39 is 0 Å². The minimum Gasteiger partial charge on any atom is -0.507 e. The summed E-state index contributed by atoms with van der Waals surface area (Å²) in [4.78, 5) is 0. The highest BCUT2D eigenvalue weighted by molar-refractivity contribution is 14.1. The lowest BCUT2D eigenvalue weighted by molar-refractivity contribution is 0.466. The van der Waals surface area contributed by atoms with E-state index in [0.717, 1.165) is 17.7 Å². The number of aromatic hydroxyl groups is 1. The Bertz CT molecular complexity index is 263. The van der Waals surface area contributed by atoms with Gasteiger partial charge in [-0.2, -0.15) is 0 Å². The first kappa shape index (κ1) is 9.80. The summed E-state index contributed by atoms with van der Waals surface area (Å²) in [6.45, 7) is 4.67. The molecule has 66 valence electrons. The normalized spacial score (nSPS) is 10.2. The predicted molar refractivity (Wildman–Crippen MR) is 58.4 cm³/mol. The van der Waals surface area contributed by atoms with Gasteiger partial charge in [0.05, 0.1) is 0 Å². The van der Waals surface area contributed by atoms with Crippen LogP contribution in [0.1, 0.15) is 16.7 Å². The second-order valence-electron chi connectivity index (χ2n) is 2.89. The fourth-order valence-corrected chi connectivity index (χ4v) is 1.67. The highest BCUT2D eigenvalue weighted by Crippen LogP contribution is 2.22. The summed E-state index contributed by atoms with van der Waals surface area (Å²) in [6, 6.07) is 3.99. The van der Waals surface area contributed by atoms with Crippen LogP contribution in [0.25, 0.3) is 0 Å². The van der Waals surface area contributed by atoms with Crippen LogP contribution in [0.5, 0.6) is 5.75 Å². The molecule has 0 aliphatic rings. The van der Waals surface area contributed by atoms with Crippen LogP contribution < -0.4 is 3.53 Å². The van der Waals surface area contributed by atoms with E-state index in [1.165, 1.54) is 5.56 Å². The lowest BCUT2D eigenvalue weighted by Gasteiger charge is -2.06. The molecule has 0 spiro atoms. The summed E-state index contributed by atoms with van der Waals surface area (Å²) in [5, 5.41) is 9.48. The molecule has 0 bridgehead atoms. The number of hydrogen-bond donors (Lipinski definition) is 2. The first-order valence-electron chi connectivity index (χ1n) is 3.77. The average Bonchev–Trinajstić information content (AvgIpc) is 2.01. The molecule has 0 fully saturated rings. The molecule has 1 aromatic rings. The summed E-state index contributed by atoms with van der Waals surface area (Å²) in [5.41, 5.74) is 3.09. The van der Waals surface area contributed by atoms with Crippen LogP contribution in [-0.4, -0.2) is 5.11 Å². The highest BCUT2D eigenvalue weighted by atomic mass is 127. The summed E-state index contributed by atoms with van der Waals surface area (Å²) in [6.07, 6.45) is 0. The van der Waals surface area contributed by atoms with Crippen LogP contribution in [-0.2, 0) is 6.54 Å². The standard InChI is InChI=1S/C9H12INO/c1-6-3-8(5-11-10)4-7(2)9(6)12/h3-4,11-12H,5H2,1-2H3. The molecule has 0 aromatic heterocycles. The quantitative estimate of drug-likeness (QED) is 0.643. The van der Waals surface area contributed by atoms with Gasteiger partial charge in [-0.25, -0.2) is 0 Å². The Labute approximate surface area is 86.5 Å². The number of hydrogen-bond acceptors (Lipinski definition) is 2. The lowest BCUT2D eigenvalue weighted by atomic mass is 10.1. The van der Waals surface area contributed by atoms with Gasteiger partial charge in [0.15, 0.2) is 0 Å². The summed E-state index contributed by atoms with van der Waals surface area (Å²) in [5.74, 6) is 0.409. The fourth-order valence-electron chi connectivity index (χ4n) is 1.22. The van der Waals surface area contributed by atoms with Crippen molar-refractivity contribution in [3.05, 3.63) is 28.8 Å². The summed E-state index contributed by atoms with van der Waals surface area (Å²) >= 11 is 2.11. The predicted octanol–water partition coefficient (Wildman–Crippen LogP) is 2.45. The smallest absolute Gasteiger partial charge is 0.121 e. The number of halogens is 1. The van der Waals surface area contributed by atoms with E-state index in [-0.39, 0.29) is 0 Å². The first-order valence-corrected chi connectivity index (χ1v) is 4.85. The van der Waals surface area contributed by atoms with Crippen LogP contribution in [0.2, 0.25) is 0 Å². The number of benzene rings is 1. The Morgan fingerprint density at radius 2 is 1.83 bits per heavy atom. The molecule has 0 heterocycles. The number of rotatable bonds is 2. The lowest BCUT2D eigenvalue weighted by Crippen LogP contribution is -1.98. The fraction of sp³-hybridized carbons (Fsp3) is 0.333. The third kappa shape index (κ3) is 2.10. The van der Waals surface area contributed by atoms with Crippen molar-refractivity contribution in [2.24, 2.45) is 0 Å². The van der Waals surface area contributed by atoms with Gasteiger partial charge in [-0.1, -0.05) is 12.1 Å². The average molecular weight is 277 g/mol. The third-order valence-electron chi connectivity index (χ3n) is 1.82. The van der Waals surface area contributed by atoms with Gasteiger partial charge >= 0.3 is 0 Å². The Morgan fingerprint density at radius 3 is 2.25 bits per heavy atom. The molecule has 3 heteroatoms. The van der Waals surface area contributed by atoms with Crippen molar-refractivity contribution in [2.45, 2.75) is 20.4 Å². The Hall–Kier alpha value is -0.290. The van der Waals surface area contributed by atoms with Gasteiger partial charge in [0.2, 0.25) is 0 Å². The second-order valence-corrected chi connectivity index (χ2v) is 3.65. The van der Waals surface area contributed by atoms with Crippen LogP contribution in [0, 0.1) is 13.8 Å². The maximum atomic E-state index is 9.48. The molecular weight excluding hydrogens is 265 g/mol. The zero-order valence-electron chi connectivity index (χ0n) is 7.19. The zero-order valence-corrected chi connectivity index (χ0v) is 9.34. The zero-order chi connectivity index (χ0) is 9.14. The molecule has 0 saturated carbocycles. The molecular formula is C9H12INO. The third-order valence-corrected chi connectivity index (χ3v) is 2.20. The summed E-state index contributed by atoms with van der Waals surface area (Å²) < 4.78 is 3.05. The van der Waals surface area contributed by atoms with E-state index in [1.807, 2.05) is 26.0 Å². The molecule has 2 N–H and O–H groups in total. The SMILES string of the molecule is Cc1cc(CNI)cc(C)c1O. The number of phenols is 1. The molecule has 12 heavy (non-hydrogen) atoms. The van der Waals surface area contributed by atoms with E-state index in [0.29, 0.717) is 5.75 Å². The van der Waals surface area contributed by atoms with E-state index in [4.69, 9.17) is 0 Å². The monoisotopic (exact) mass is 277 g/mol. The van der Waals surface area contributed by atoms with Crippen molar-refractivity contribution in [1.29, 1.82) is 0 Å². The minimum atomic E-state index is 0.409. The number of aryl methyl sites for hydroxylation is 2. The molecule has 0 aliphatic heterocycles. The second kappa shape index (κ2) is 4.09. The van der Waals surface area contributed by atoms with Gasteiger partial charge < -0.3 is 5.11 Å². The molecule has 1 aromatic carbocycles. The van der Waals surface area contributed by atoms with Gasteiger partial charge in [-0.15, -0.1) is 0 Å². The van der Waals surface area contributed by atoms with Crippen molar-refractivity contribution in [3.63, 3.8) is 0 Å². The van der Waals surface area contributed by atoms with Crippen LogP contribution in [0.4, 0.5) is 0 Å². The van der Waals surface area contributed by atoms with E-state index in [9.17, 15) is 5.11 Å². The molecule has 0 aliphatic carbocycles. The van der Waals surface area contributed by atoms with Crippen molar-refractivity contribution in [1.82, 2.24) is 3.53 Å². The molecule has 0 amide bonds. The Balaban J connectivity index is 3.04. The van der Waals surface area contributed by atoms with Crippen molar-refractivity contribution in [2.75, 3.05) is 0 Å². The van der Waals surface area contributed by atoms with Crippen molar-refractivity contribution in [3.8, 4) is 5.75 Å². The minimum absolute atomic E-state index is 0.409. The number of nitrogens with one attached hydrogen (secondary N) is 1. The Morgan fingerprint density at radius 1 is 1.33 bits per heavy atom. The Kier molecular flexibility index (Phi) is 3.34. The maximum absolute atomic E-state index is 9.48. The van der Waals surface area contributed by atoms with Crippen LogP contribution in [0.3, 0.4) is 0 Å². The molecule has 0 radical (unpaired) electrons. The maximum Gasteiger partial charge on any atom is 0.121 e. The molecule has 1 rings (SSSR count). The first-order chi connectivity index (χ1) is 5.65.